The van der Waals surface area contributed by atoms with E-state index in [1.807, 2.05) is 6.33 Å². The maximum Gasteiger partial charge on any atom is 0.0951 e. The van der Waals surface area contributed by atoms with Gasteiger partial charge in [0, 0.05) is 6.04 Å². The average Bonchev–Trinajstić information content (AvgIpc) is 2.60. The molecule has 0 saturated heterocycles. The standard InChI is InChI=1S/C10H16N2O/c1-7-3-10(8(7)2)12-6-11-4-9(12)5-13/h4,6-8,10,13H,3,5H2,1-2H3. The molecule has 0 bridgehead atoms. The van der Waals surface area contributed by atoms with Gasteiger partial charge < -0.3 is 9.67 Å². The second-order valence-electron chi connectivity index (χ2n) is 4.09. The lowest BCUT2D eigenvalue weighted by atomic mass is 9.71. The second-order valence-corrected chi connectivity index (χ2v) is 4.09. The Bertz CT molecular complexity index is 295. The van der Waals surface area contributed by atoms with Crippen molar-refractivity contribution in [3.8, 4) is 0 Å². The van der Waals surface area contributed by atoms with Crippen molar-refractivity contribution in [2.75, 3.05) is 0 Å². The van der Waals surface area contributed by atoms with E-state index in [-0.39, 0.29) is 6.61 Å². The van der Waals surface area contributed by atoms with Crippen LogP contribution in [-0.2, 0) is 6.61 Å². The number of rotatable bonds is 2. The molecule has 3 atom stereocenters. The van der Waals surface area contributed by atoms with Crippen LogP contribution in [0.4, 0.5) is 0 Å². The van der Waals surface area contributed by atoms with Crippen LogP contribution in [0.15, 0.2) is 12.5 Å². The van der Waals surface area contributed by atoms with Gasteiger partial charge in [0.05, 0.1) is 24.8 Å². The molecule has 1 aliphatic rings. The molecule has 3 nitrogen and oxygen atoms in total. The molecule has 2 rings (SSSR count). The lowest BCUT2D eigenvalue weighted by Gasteiger charge is -2.42. The van der Waals surface area contributed by atoms with Crippen molar-refractivity contribution in [2.24, 2.45) is 11.8 Å². The van der Waals surface area contributed by atoms with E-state index in [9.17, 15) is 0 Å². The van der Waals surface area contributed by atoms with Crippen LogP contribution in [0.5, 0.6) is 0 Å². The van der Waals surface area contributed by atoms with Crippen molar-refractivity contribution in [3.63, 3.8) is 0 Å². The molecule has 0 radical (unpaired) electrons. The lowest BCUT2D eigenvalue weighted by Crippen LogP contribution is -2.35. The molecular formula is C10H16N2O. The number of hydrogen-bond acceptors (Lipinski definition) is 2. The first-order valence-electron chi connectivity index (χ1n) is 4.85. The number of aliphatic hydroxyl groups is 1. The summed E-state index contributed by atoms with van der Waals surface area (Å²) in [5, 5.41) is 9.07. The second kappa shape index (κ2) is 3.14. The van der Waals surface area contributed by atoms with Crippen molar-refractivity contribution >= 4 is 0 Å². The average molecular weight is 180 g/mol. The van der Waals surface area contributed by atoms with Crippen LogP contribution in [0.1, 0.15) is 32.0 Å². The highest BCUT2D eigenvalue weighted by atomic mass is 16.3. The smallest absolute Gasteiger partial charge is 0.0951 e. The van der Waals surface area contributed by atoms with Gasteiger partial charge in [0.25, 0.3) is 0 Å². The van der Waals surface area contributed by atoms with Crippen LogP contribution in [0, 0.1) is 11.8 Å². The van der Waals surface area contributed by atoms with Gasteiger partial charge in [-0.3, -0.25) is 0 Å². The van der Waals surface area contributed by atoms with Gasteiger partial charge in [-0.1, -0.05) is 13.8 Å². The molecule has 0 aromatic carbocycles. The number of aromatic nitrogens is 2. The Morgan fingerprint density at radius 2 is 2.38 bits per heavy atom. The molecule has 13 heavy (non-hydrogen) atoms. The highest BCUT2D eigenvalue weighted by molar-refractivity contribution is 5.02. The molecule has 3 unspecified atom stereocenters. The zero-order chi connectivity index (χ0) is 9.42. The summed E-state index contributed by atoms with van der Waals surface area (Å²) in [6.07, 6.45) is 4.79. The maximum absolute atomic E-state index is 9.07. The Morgan fingerprint density at radius 3 is 2.92 bits per heavy atom. The molecule has 0 spiro atoms. The fraction of sp³-hybridized carbons (Fsp3) is 0.700. The summed E-state index contributed by atoms with van der Waals surface area (Å²) in [7, 11) is 0. The van der Waals surface area contributed by atoms with E-state index in [0.717, 1.165) is 11.6 Å². The van der Waals surface area contributed by atoms with Gasteiger partial charge in [-0.05, 0) is 18.3 Å². The summed E-state index contributed by atoms with van der Waals surface area (Å²) in [6.45, 7) is 4.63. The van der Waals surface area contributed by atoms with Crippen LogP contribution in [0.2, 0.25) is 0 Å². The molecule has 0 amide bonds. The Labute approximate surface area is 78.4 Å². The Morgan fingerprint density at radius 1 is 1.62 bits per heavy atom. The third-order valence-electron chi connectivity index (χ3n) is 3.38. The minimum Gasteiger partial charge on any atom is -0.390 e. The predicted octanol–water partition coefficient (Wildman–Crippen LogP) is 1.59. The molecule has 1 heterocycles. The number of nitrogens with zero attached hydrogens (tertiary/aromatic N) is 2. The van der Waals surface area contributed by atoms with Gasteiger partial charge in [0.1, 0.15) is 0 Å². The van der Waals surface area contributed by atoms with Gasteiger partial charge in [0.2, 0.25) is 0 Å². The van der Waals surface area contributed by atoms with Crippen LogP contribution >= 0.6 is 0 Å². The summed E-state index contributed by atoms with van der Waals surface area (Å²) in [4.78, 5) is 4.06. The van der Waals surface area contributed by atoms with Crippen molar-refractivity contribution in [1.82, 2.24) is 9.55 Å². The quantitative estimate of drug-likeness (QED) is 0.750. The molecule has 1 aromatic heterocycles. The molecule has 72 valence electrons. The van der Waals surface area contributed by atoms with Gasteiger partial charge in [-0.2, -0.15) is 0 Å². The van der Waals surface area contributed by atoms with Crippen LogP contribution in [0.25, 0.3) is 0 Å². The zero-order valence-corrected chi connectivity index (χ0v) is 8.14. The third-order valence-corrected chi connectivity index (χ3v) is 3.38. The molecule has 1 aromatic rings. The van der Waals surface area contributed by atoms with E-state index < -0.39 is 0 Å². The zero-order valence-electron chi connectivity index (χ0n) is 8.14. The van der Waals surface area contributed by atoms with E-state index in [1.165, 1.54) is 6.42 Å². The normalized spacial score (nSPS) is 33.0. The predicted molar refractivity (Wildman–Crippen MR) is 50.1 cm³/mol. The van der Waals surface area contributed by atoms with Gasteiger partial charge in [0.15, 0.2) is 0 Å². The van der Waals surface area contributed by atoms with Crippen molar-refractivity contribution in [1.29, 1.82) is 0 Å². The summed E-state index contributed by atoms with van der Waals surface area (Å²) >= 11 is 0. The fourth-order valence-corrected chi connectivity index (χ4v) is 2.11. The molecule has 1 saturated carbocycles. The summed E-state index contributed by atoms with van der Waals surface area (Å²) in [5.41, 5.74) is 0.934. The Kier molecular flexibility index (Phi) is 2.12. The highest BCUT2D eigenvalue weighted by Crippen LogP contribution is 2.43. The minimum atomic E-state index is 0.0948. The molecular weight excluding hydrogens is 164 g/mol. The third kappa shape index (κ3) is 1.27. The van der Waals surface area contributed by atoms with E-state index in [1.54, 1.807) is 6.20 Å². The van der Waals surface area contributed by atoms with E-state index in [0.29, 0.717) is 12.0 Å². The van der Waals surface area contributed by atoms with Gasteiger partial charge >= 0.3 is 0 Å². The summed E-state index contributed by atoms with van der Waals surface area (Å²) < 4.78 is 2.12. The van der Waals surface area contributed by atoms with Crippen LogP contribution in [0.3, 0.4) is 0 Å². The van der Waals surface area contributed by atoms with Crippen molar-refractivity contribution in [2.45, 2.75) is 32.9 Å². The first kappa shape index (κ1) is 8.75. The number of hydrogen-bond donors (Lipinski definition) is 1. The monoisotopic (exact) mass is 180 g/mol. The molecule has 3 heteroatoms. The number of imidazole rings is 1. The van der Waals surface area contributed by atoms with E-state index in [2.05, 4.69) is 23.4 Å². The lowest BCUT2D eigenvalue weighted by molar-refractivity contribution is 0.105. The van der Waals surface area contributed by atoms with Crippen LogP contribution < -0.4 is 0 Å². The largest absolute Gasteiger partial charge is 0.390 e. The van der Waals surface area contributed by atoms with E-state index in [4.69, 9.17) is 5.11 Å². The summed E-state index contributed by atoms with van der Waals surface area (Å²) in [6, 6.07) is 0.555. The van der Waals surface area contributed by atoms with Crippen molar-refractivity contribution in [3.05, 3.63) is 18.2 Å². The topological polar surface area (TPSA) is 38.0 Å². The Hall–Kier alpha value is -0.830. The van der Waals surface area contributed by atoms with Crippen LogP contribution in [-0.4, -0.2) is 14.7 Å². The SMILES string of the molecule is CC1CC(n2cncc2CO)C1C. The number of aliphatic hydroxyl groups excluding tert-OH is 1. The fourth-order valence-electron chi connectivity index (χ4n) is 2.11. The highest BCUT2D eigenvalue weighted by Gasteiger charge is 2.36. The maximum atomic E-state index is 9.07. The van der Waals surface area contributed by atoms with E-state index >= 15 is 0 Å². The molecule has 1 aliphatic carbocycles. The first-order valence-corrected chi connectivity index (χ1v) is 4.85. The van der Waals surface area contributed by atoms with Gasteiger partial charge in [-0.25, -0.2) is 4.98 Å². The van der Waals surface area contributed by atoms with Gasteiger partial charge in [-0.15, -0.1) is 0 Å². The molecule has 1 fully saturated rings. The summed E-state index contributed by atoms with van der Waals surface area (Å²) in [5.74, 6) is 1.51. The minimum absolute atomic E-state index is 0.0948. The molecule has 1 N–H and O–H groups in total. The first-order chi connectivity index (χ1) is 6.24. The van der Waals surface area contributed by atoms with Crippen molar-refractivity contribution < 1.29 is 5.11 Å². The Balaban J connectivity index is 2.17. The molecule has 0 aliphatic heterocycles.